The number of amides is 2. The molecule has 0 bridgehead atoms. The third-order valence-corrected chi connectivity index (χ3v) is 4.13. The molecule has 1 saturated heterocycles. The summed E-state index contributed by atoms with van der Waals surface area (Å²) in [5.41, 5.74) is 0.761. The molecule has 1 aromatic rings. The van der Waals surface area contributed by atoms with Crippen molar-refractivity contribution in [2.24, 2.45) is 11.8 Å². The van der Waals surface area contributed by atoms with Crippen LogP contribution in [0, 0.1) is 11.8 Å². The van der Waals surface area contributed by atoms with Crippen molar-refractivity contribution in [2.45, 2.75) is 33.1 Å². The number of hydrogen-bond acceptors (Lipinski definition) is 3. The van der Waals surface area contributed by atoms with Gasteiger partial charge in [-0.3, -0.25) is 0 Å². The number of nitrogens with zero attached hydrogens (tertiary/aromatic N) is 1. The number of hydrogen-bond donors (Lipinski definition) is 2. The van der Waals surface area contributed by atoms with Gasteiger partial charge in [-0.15, -0.1) is 0 Å². The maximum Gasteiger partial charge on any atom is 0.321 e. The van der Waals surface area contributed by atoms with Crippen LogP contribution < -0.4 is 10.1 Å². The van der Waals surface area contributed by atoms with E-state index in [-0.39, 0.29) is 18.6 Å². The van der Waals surface area contributed by atoms with Crippen LogP contribution in [0.15, 0.2) is 24.3 Å². The van der Waals surface area contributed by atoms with E-state index in [0.29, 0.717) is 19.1 Å². The summed E-state index contributed by atoms with van der Waals surface area (Å²) in [5.74, 6) is 1.65. The van der Waals surface area contributed by atoms with Crippen molar-refractivity contribution in [3.8, 4) is 5.75 Å². The number of anilines is 1. The second-order valence-corrected chi connectivity index (χ2v) is 6.62. The Labute approximate surface area is 138 Å². The van der Waals surface area contributed by atoms with Gasteiger partial charge in [0.25, 0.3) is 0 Å². The number of ether oxygens (including phenoxy) is 1. The Hall–Kier alpha value is -1.75. The Morgan fingerprint density at radius 1 is 1.39 bits per heavy atom. The fourth-order valence-electron chi connectivity index (χ4n) is 2.65. The lowest BCUT2D eigenvalue weighted by atomic mass is 9.99. The van der Waals surface area contributed by atoms with E-state index in [1.807, 2.05) is 24.3 Å². The molecule has 5 nitrogen and oxygen atoms in total. The summed E-state index contributed by atoms with van der Waals surface area (Å²) in [6, 6.07) is 7.37. The molecule has 1 fully saturated rings. The molecule has 1 aliphatic heterocycles. The van der Waals surface area contributed by atoms with Gasteiger partial charge in [-0.25, -0.2) is 4.79 Å². The van der Waals surface area contributed by atoms with E-state index >= 15 is 0 Å². The Balaban J connectivity index is 1.81. The smallest absolute Gasteiger partial charge is 0.321 e. The number of piperidine rings is 1. The zero-order chi connectivity index (χ0) is 16.7. The molecule has 5 heteroatoms. The van der Waals surface area contributed by atoms with Crippen LogP contribution in [-0.2, 0) is 0 Å². The van der Waals surface area contributed by atoms with Gasteiger partial charge in [0.05, 0.1) is 6.61 Å². The minimum atomic E-state index is -0.100. The number of aliphatic hydroxyl groups is 1. The topological polar surface area (TPSA) is 61.8 Å². The molecule has 0 aliphatic carbocycles. The molecule has 1 unspecified atom stereocenters. The van der Waals surface area contributed by atoms with Crippen LogP contribution in [0.5, 0.6) is 5.75 Å². The number of aliphatic hydroxyl groups excluding tert-OH is 1. The van der Waals surface area contributed by atoms with Gasteiger partial charge in [0.15, 0.2) is 0 Å². The zero-order valence-electron chi connectivity index (χ0n) is 14.1. The van der Waals surface area contributed by atoms with E-state index in [0.717, 1.165) is 37.2 Å². The first-order chi connectivity index (χ1) is 11.1. The van der Waals surface area contributed by atoms with Crippen LogP contribution in [-0.4, -0.2) is 42.3 Å². The molecule has 2 N–H and O–H groups in total. The maximum atomic E-state index is 12.3. The van der Waals surface area contributed by atoms with Crippen molar-refractivity contribution in [3.63, 3.8) is 0 Å². The summed E-state index contributed by atoms with van der Waals surface area (Å²) in [7, 11) is 0. The average Bonchev–Trinajstić information content (AvgIpc) is 2.56. The molecule has 1 heterocycles. The van der Waals surface area contributed by atoms with Gasteiger partial charge < -0.3 is 20.1 Å². The number of likely N-dealkylation sites (tertiary alicyclic amines) is 1. The molecule has 0 radical (unpaired) electrons. The van der Waals surface area contributed by atoms with E-state index in [2.05, 4.69) is 19.2 Å². The molecule has 128 valence electrons. The lowest BCUT2D eigenvalue weighted by Crippen LogP contribution is -2.43. The molecule has 1 aromatic carbocycles. The molecule has 1 atom stereocenters. The third kappa shape index (κ3) is 5.75. The van der Waals surface area contributed by atoms with Crippen LogP contribution in [0.25, 0.3) is 0 Å². The van der Waals surface area contributed by atoms with Gasteiger partial charge in [-0.2, -0.15) is 0 Å². The summed E-state index contributed by atoms with van der Waals surface area (Å²) < 4.78 is 5.67. The van der Waals surface area contributed by atoms with Gasteiger partial charge in [0.1, 0.15) is 5.75 Å². The van der Waals surface area contributed by atoms with Crippen molar-refractivity contribution < 1.29 is 14.6 Å². The lowest BCUT2D eigenvalue weighted by Gasteiger charge is -2.31. The SMILES string of the molecule is CC(C)CCOc1ccc(NC(=O)N2CCCC(CO)C2)cc1. The van der Waals surface area contributed by atoms with Crippen molar-refractivity contribution in [2.75, 3.05) is 31.6 Å². The van der Waals surface area contributed by atoms with E-state index in [9.17, 15) is 9.90 Å². The van der Waals surface area contributed by atoms with Crippen LogP contribution in [0.3, 0.4) is 0 Å². The van der Waals surface area contributed by atoms with E-state index in [1.165, 1.54) is 0 Å². The average molecular weight is 320 g/mol. The van der Waals surface area contributed by atoms with Crippen molar-refractivity contribution in [1.29, 1.82) is 0 Å². The first-order valence-electron chi connectivity index (χ1n) is 8.48. The molecule has 2 rings (SSSR count). The van der Waals surface area contributed by atoms with Crippen molar-refractivity contribution >= 4 is 11.7 Å². The molecule has 23 heavy (non-hydrogen) atoms. The molecule has 0 aromatic heterocycles. The summed E-state index contributed by atoms with van der Waals surface area (Å²) in [4.78, 5) is 14.0. The molecular formula is C18H28N2O3. The maximum absolute atomic E-state index is 12.3. The second kappa shape index (κ2) is 8.77. The lowest BCUT2D eigenvalue weighted by molar-refractivity contribution is 0.136. The Morgan fingerprint density at radius 2 is 2.13 bits per heavy atom. The van der Waals surface area contributed by atoms with Crippen LogP contribution in [0.2, 0.25) is 0 Å². The fraction of sp³-hybridized carbons (Fsp3) is 0.611. The molecule has 1 aliphatic rings. The number of urea groups is 1. The van der Waals surface area contributed by atoms with Crippen LogP contribution in [0.4, 0.5) is 10.5 Å². The Kier molecular flexibility index (Phi) is 6.71. The summed E-state index contributed by atoms with van der Waals surface area (Å²) in [5, 5.41) is 12.2. The third-order valence-electron chi connectivity index (χ3n) is 4.13. The summed E-state index contributed by atoms with van der Waals surface area (Å²) in [6.07, 6.45) is 2.96. The zero-order valence-corrected chi connectivity index (χ0v) is 14.1. The molecule has 2 amide bonds. The standard InChI is InChI=1S/C18H28N2O3/c1-14(2)9-11-23-17-7-5-16(6-8-17)19-18(22)20-10-3-4-15(12-20)13-21/h5-8,14-15,21H,3-4,9-13H2,1-2H3,(H,19,22). The number of carbonyl (C=O) groups excluding carboxylic acids is 1. The second-order valence-electron chi connectivity index (χ2n) is 6.62. The number of carbonyl (C=O) groups is 1. The number of rotatable bonds is 6. The number of benzene rings is 1. The first-order valence-corrected chi connectivity index (χ1v) is 8.48. The minimum Gasteiger partial charge on any atom is -0.494 e. The largest absolute Gasteiger partial charge is 0.494 e. The minimum absolute atomic E-state index is 0.100. The highest BCUT2D eigenvalue weighted by molar-refractivity contribution is 5.89. The van der Waals surface area contributed by atoms with Gasteiger partial charge in [-0.05, 0) is 55.4 Å². The van der Waals surface area contributed by atoms with Gasteiger partial charge in [0.2, 0.25) is 0 Å². The van der Waals surface area contributed by atoms with Crippen molar-refractivity contribution in [3.05, 3.63) is 24.3 Å². The van der Waals surface area contributed by atoms with E-state index < -0.39 is 0 Å². The van der Waals surface area contributed by atoms with E-state index in [4.69, 9.17) is 4.74 Å². The highest BCUT2D eigenvalue weighted by Crippen LogP contribution is 2.19. The Morgan fingerprint density at radius 3 is 2.78 bits per heavy atom. The monoisotopic (exact) mass is 320 g/mol. The quantitative estimate of drug-likeness (QED) is 0.845. The summed E-state index contributed by atoms with van der Waals surface area (Å²) in [6.45, 7) is 6.57. The van der Waals surface area contributed by atoms with Gasteiger partial charge in [-0.1, -0.05) is 13.8 Å². The first kappa shape index (κ1) is 17.6. The summed E-state index contributed by atoms with van der Waals surface area (Å²) >= 11 is 0. The fourth-order valence-corrected chi connectivity index (χ4v) is 2.65. The highest BCUT2D eigenvalue weighted by Gasteiger charge is 2.23. The molecular weight excluding hydrogens is 292 g/mol. The molecule has 0 saturated carbocycles. The number of nitrogens with one attached hydrogen (secondary N) is 1. The predicted molar refractivity (Wildman–Crippen MR) is 91.8 cm³/mol. The highest BCUT2D eigenvalue weighted by atomic mass is 16.5. The predicted octanol–water partition coefficient (Wildman–Crippen LogP) is 3.35. The van der Waals surface area contributed by atoms with E-state index in [1.54, 1.807) is 4.90 Å². The van der Waals surface area contributed by atoms with Crippen LogP contribution in [0.1, 0.15) is 33.1 Å². The van der Waals surface area contributed by atoms with Gasteiger partial charge >= 0.3 is 6.03 Å². The Bertz CT molecular complexity index is 488. The molecule has 0 spiro atoms. The van der Waals surface area contributed by atoms with Crippen LogP contribution >= 0.6 is 0 Å². The normalized spacial score (nSPS) is 18.1. The van der Waals surface area contributed by atoms with Gasteiger partial charge in [0, 0.05) is 25.4 Å². The van der Waals surface area contributed by atoms with Crippen molar-refractivity contribution in [1.82, 2.24) is 4.90 Å².